The van der Waals surface area contributed by atoms with Gasteiger partial charge in [0.2, 0.25) is 0 Å². The van der Waals surface area contributed by atoms with Crippen LogP contribution in [0.5, 0.6) is 0 Å². The van der Waals surface area contributed by atoms with Gasteiger partial charge in [0.25, 0.3) is 0 Å². The fourth-order valence-corrected chi connectivity index (χ4v) is 0. The molecule has 6 heteroatoms. The maximum Gasteiger partial charge on any atom is 2.00 e. The zero-order chi connectivity index (χ0) is 2.71. The Morgan fingerprint density at radius 1 is 1.00 bits per heavy atom. The van der Waals surface area contributed by atoms with Gasteiger partial charge in [0.1, 0.15) is 0 Å². The summed E-state index contributed by atoms with van der Waals surface area (Å²) in [7, 11) is -1.42. The van der Waals surface area contributed by atoms with Gasteiger partial charge in [-0.05, 0) is 0 Å². The minimum Gasteiger partial charge on any atom is -1.00 e. The molecular formula is Cl2MgO2Si. The van der Waals surface area contributed by atoms with Gasteiger partial charge in [0.05, 0.1) is 0 Å². The van der Waals surface area contributed by atoms with E-state index in [9.17, 15) is 0 Å². The van der Waals surface area contributed by atoms with Crippen molar-refractivity contribution in [2.45, 2.75) is 0 Å². The largest absolute Gasteiger partial charge is 2.00 e. The summed E-state index contributed by atoms with van der Waals surface area (Å²) in [6.07, 6.45) is 0. The average Bonchev–Trinajstić information content (AvgIpc) is 0.918. The average molecular weight is 155 g/mol. The van der Waals surface area contributed by atoms with Crippen molar-refractivity contribution >= 4 is 32.3 Å². The third-order valence-electron chi connectivity index (χ3n) is 0. The monoisotopic (exact) mass is 154 g/mol. The van der Waals surface area contributed by atoms with Crippen LogP contribution in [0.2, 0.25) is 0 Å². The fourth-order valence-electron chi connectivity index (χ4n) is 0. The van der Waals surface area contributed by atoms with Crippen LogP contribution in [0.15, 0.2) is 0 Å². The van der Waals surface area contributed by atoms with Gasteiger partial charge in [-0.3, -0.25) is 8.92 Å². The minimum absolute atomic E-state index is 0. The first-order chi connectivity index (χ1) is 1.41. The zero-order valence-corrected chi connectivity index (χ0v) is 6.71. The third-order valence-corrected chi connectivity index (χ3v) is 0. The summed E-state index contributed by atoms with van der Waals surface area (Å²) in [6, 6.07) is 0. The maximum atomic E-state index is 8.40. The molecule has 0 saturated carbocycles. The van der Waals surface area contributed by atoms with E-state index in [1.165, 1.54) is 0 Å². The molecule has 0 aliphatic heterocycles. The van der Waals surface area contributed by atoms with E-state index in [1.807, 2.05) is 0 Å². The summed E-state index contributed by atoms with van der Waals surface area (Å²) in [6.45, 7) is 0. The van der Waals surface area contributed by atoms with Crippen molar-refractivity contribution in [3.8, 4) is 0 Å². The SMILES string of the molecule is O=[Si]=O.[Cl-].[Cl-].[Mg+2]. The molecule has 0 aromatic rings. The van der Waals surface area contributed by atoms with E-state index in [2.05, 4.69) is 0 Å². The molecule has 6 heavy (non-hydrogen) atoms. The zero-order valence-electron chi connectivity index (χ0n) is 2.78. The van der Waals surface area contributed by atoms with Gasteiger partial charge in [0.15, 0.2) is 0 Å². The van der Waals surface area contributed by atoms with Gasteiger partial charge in [0, 0.05) is 0 Å². The van der Waals surface area contributed by atoms with Crippen LogP contribution in [0.4, 0.5) is 0 Å². The van der Waals surface area contributed by atoms with Crippen molar-refractivity contribution in [2.24, 2.45) is 0 Å². The Labute approximate surface area is 66.0 Å². The molecule has 0 fully saturated rings. The number of halogens is 2. The van der Waals surface area contributed by atoms with Crippen molar-refractivity contribution in [1.82, 2.24) is 0 Å². The molecule has 0 unspecified atom stereocenters. The number of rotatable bonds is 0. The summed E-state index contributed by atoms with van der Waals surface area (Å²) < 4.78 is 16.8. The molecular weight excluding hydrogens is 155 g/mol. The van der Waals surface area contributed by atoms with Crippen LogP contribution in [-0.4, -0.2) is 32.3 Å². The van der Waals surface area contributed by atoms with Crippen molar-refractivity contribution in [1.29, 1.82) is 0 Å². The third kappa shape index (κ3) is 66.1. The van der Waals surface area contributed by atoms with Crippen LogP contribution in [0.25, 0.3) is 0 Å². The van der Waals surface area contributed by atoms with Crippen LogP contribution in [-0.2, 0) is 8.92 Å². The first-order valence-electron chi connectivity index (χ1n) is 0.408. The normalized spacial score (nSPS) is 1.33. The van der Waals surface area contributed by atoms with Crippen LogP contribution in [0.3, 0.4) is 0 Å². The fraction of sp³-hybridized carbons (Fsp3) is 0. The Morgan fingerprint density at radius 2 is 1.00 bits per heavy atom. The second-order valence-electron chi connectivity index (χ2n) is 0.0833. The van der Waals surface area contributed by atoms with Crippen LogP contribution in [0, 0.1) is 0 Å². The Balaban J connectivity index is -0.00000000667. The van der Waals surface area contributed by atoms with Gasteiger partial charge in [-0.15, -0.1) is 0 Å². The molecule has 2 nitrogen and oxygen atoms in total. The molecule has 0 spiro atoms. The van der Waals surface area contributed by atoms with Crippen molar-refractivity contribution < 1.29 is 33.7 Å². The van der Waals surface area contributed by atoms with Gasteiger partial charge < -0.3 is 24.8 Å². The Morgan fingerprint density at radius 3 is 1.00 bits per heavy atom. The van der Waals surface area contributed by atoms with Crippen LogP contribution >= 0.6 is 0 Å². The summed E-state index contributed by atoms with van der Waals surface area (Å²) in [5.41, 5.74) is 0. The van der Waals surface area contributed by atoms with Gasteiger partial charge in [-0.1, -0.05) is 0 Å². The first kappa shape index (κ1) is 27.2. The van der Waals surface area contributed by atoms with Crippen LogP contribution in [0.1, 0.15) is 0 Å². The van der Waals surface area contributed by atoms with E-state index in [0.29, 0.717) is 0 Å². The summed E-state index contributed by atoms with van der Waals surface area (Å²) >= 11 is 0. The van der Waals surface area contributed by atoms with E-state index in [-0.39, 0.29) is 47.9 Å². The molecule has 0 N–H and O–H groups in total. The first-order valence-corrected chi connectivity index (χ1v) is 1.22. The number of hydrogen-bond acceptors (Lipinski definition) is 2. The Hall–Kier alpha value is 1.16. The second-order valence-corrected chi connectivity index (χ2v) is 0.250. The van der Waals surface area contributed by atoms with E-state index >= 15 is 0 Å². The molecule has 0 heterocycles. The molecule has 0 bridgehead atoms. The minimum atomic E-state index is -1.42. The molecule has 0 aliphatic rings. The molecule has 0 aromatic carbocycles. The quantitative estimate of drug-likeness (QED) is 0.326. The van der Waals surface area contributed by atoms with Gasteiger partial charge in [-0.25, -0.2) is 0 Å². The molecule has 0 amide bonds. The van der Waals surface area contributed by atoms with Gasteiger partial charge >= 0.3 is 32.3 Å². The van der Waals surface area contributed by atoms with Crippen molar-refractivity contribution in [3.63, 3.8) is 0 Å². The number of hydrogen-bond donors (Lipinski definition) is 0. The molecule has 32 valence electrons. The van der Waals surface area contributed by atoms with Crippen molar-refractivity contribution in [2.75, 3.05) is 0 Å². The maximum absolute atomic E-state index is 8.40. The molecule has 0 radical (unpaired) electrons. The van der Waals surface area contributed by atoms with Crippen LogP contribution < -0.4 is 24.8 Å². The predicted molar refractivity (Wildman–Crippen MR) is 12.9 cm³/mol. The molecule has 0 rings (SSSR count). The standard InChI is InChI=1S/2ClH.Mg.O2Si/c;;;1-3-2/h2*1H;;/q;;+2;/p-2. The molecule has 0 atom stereocenters. The Bertz CT molecular complexity index is 32.5. The summed E-state index contributed by atoms with van der Waals surface area (Å²) in [5, 5.41) is 0. The second kappa shape index (κ2) is 35.1. The van der Waals surface area contributed by atoms with Crippen molar-refractivity contribution in [3.05, 3.63) is 0 Å². The smallest absolute Gasteiger partial charge is 1.00 e. The van der Waals surface area contributed by atoms with E-state index in [4.69, 9.17) is 8.92 Å². The predicted octanol–water partition coefficient (Wildman–Crippen LogP) is -6.99. The van der Waals surface area contributed by atoms with E-state index in [1.54, 1.807) is 0 Å². The van der Waals surface area contributed by atoms with E-state index in [0.717, 1.165) is 0 Å². The molecule has 0 aromatic heterocycles. The van der Waals surface area contributed by atoms with E-state index < -0.39 is 9.29 Å². The molecule has 0 aliphatic carbocycles. The summed E-state index contributed by atoms with van der Waals surface area (Å²) in [4.78, 5) is 0. The van der Waals surface area contributed by atoms with Gasteiger partial charge in [-0.2, -0.15) is 0 Å². The topological polar surface area (TPSA) is 34.1 Å². The molecule has 0 saturated heterocycles. The summed E-state index contributed by atoms with van der Waals surface area (Å²) in [5.74, 6) is 0. The Kier molecular flexibility index (Phi) is 159.